The quantitative estimate of drug-likeness (QED) is 0.0583. The molecule has 0 spiro atoms. The van der Waals surface area contributed by atoms with Crippen LogP contribution in [0.3, 0.4) is 0 Å². The van der Waals surface area contributed by atoms with Crippen LogP contribution in [-0.4, -0.2) is 57.0 Å². The number of hydrogen-bond donors (Lipinski definition) is 5. The largest absolute Gasteiger partial charge is 0.505 e. The van der Waals surface area contributed by atoms with Crippen LogP contribution in [0.15, 0.2) is 44.3 Å². The summed E-state index contributed by atoms with van der Waals surface area (Å²) in [5.41, 5.74) is -2.64. The summed E-state index contributed by atoms with van der Waals surface area (Å²) >= 11 is 0. The van der Waals surface area contributed by atoms with E-state index in [2.05, 4.69) is 19.7 Å². The smallest absolute Gasteiger partial charge is 0.469 e. The van der Waals surface area contributed by atoms with E-state index in [-0.39, 0.29) is 12.0 Å². The number of nitro groups is 1. The Balaban J connectivity index is 2.34. The molecule has 0 atom stereocenters. The molecule has 0 saturated heterocycles. The minimum Gasteiger partial charge on any atom is -0.505 e. The Morgan fingerprint density at radius 2 is 1.62 bits per heavy atom. The first-order valence-electron chi connectivity index (χ1n) is 9.84. The molecule has 3 rings (SSSR count). The van der Waals surface area contributed by atoms with Crippen molar-refractivity contribution in [3.8, 4) is 5.75 Å². The number of carbonyl (C=O) groups is 1. The maximum absolute atomic E-state index is 12.0. The van der Waals surface area contributed by atoms with Crippen LogP contribution in [0.5, 0.6) is 5.75 Å². The van der Waals surface area contributed by atoms with E-state index in [0.29, 0.717) is 18.2 Å². The monoisotopic (exact) mass is 606 g/mol. The third-order valence-electron chi connectivity index (χ3n) is 4.95. The molecule has 3 aromatic rings. The molecule has 0 bridgehead atoms. The lowest BCUT2D eigenvalue weighted by Gasteiger charge is -2.12. The van der Waals surface area contributed by atoms with Gasteiger partial charge in [-0.15, -0.1) is 10.2 Å². The number of azo groups is 1. The van der Waals surface area contributed by atoms with Gasteiger partial charge >= 0.3 is 7.82 Å². The summed E-state index contributed by atoms with van der Waals surface area (Å²) in [6.45, 7) is 0.227. The second kappa shape index (κ2) is 10.4. The molecule has 1 heterocycles. The van der Waals surface area contributed by atoms with Gasteiger partial charge in [0.05, 0.1) is 28.5 Å². The fraction of sp³-hybridized carbons (Fsp3) is 0.111. The van der Waals surface area contributed by atoms with Crippen molar-refractivity contribution in [1.29, 1.82) is 0 Å². The minimum absolute atomic E-state index is 0.110. The summed E-state index contributed by atoms with van der Waals surface area (Å²) in [5, 5.41) is 27.4. The number of aldehydes is 1. The number of rotatable bonds is 9. The molecule has 0 aliphatic rings. The molecule has 5 N–H and O–H groups in total. The Labute approximate surface area is 217 Å². The highest BCUT2D eigenvalue weighted by atomic mass is 32.2. The molecule has 0 fully saturated rings. The summed E-state index contributed by atoms with van der Waals surface area (Å²) in [6, 6.07) is 2.54. The second-order valence-corrected chi connectivity index (χ2v) is 11.6. The number of hydrogen-bond acceptors (Lipinski definition) is 13. The van der Waals surface area contributed by atoms with Gasteiger partial charge in [-0.05, 0) is 19.1 Å². The van der Waals surface area contributed by atoms with Crippen LogP contribution < -0.4 is 0 Å². The first-order valence-corrected chi connectivity index (χ1v) is 14.2. The number of non-ortho nitro benzene ring substituents is 1. The molecule has 0 aliphatic heterocycles. The summed E-state index contributed by atoms with van der Waals surface area (Å²) in [7, 11) is -15.5. The summed E-state index contributed by atoms with van der Waals surface area (Å²) in [5.74, 6) is -1.22. The number of aryl methyl sites for hydroxylation is 1. The highest BCUT2D eigenvalue weighted by Crippen LogP contribution is 2.41. The Morgan fingerprint density at radius 3 is 2.13 bits per heavy atom. The van der Waals surface area contributed by atoms with E-state index < -0.39 is 94.2 Å². The highest BCUT2D eigenvalue weighted by Gasteiger charge is 2.26. The van der Waals surface area contributed by atoms with Gasteiger partial charge in [-0.25, -0.2) is 9.55 Å². The van der Waals surface area contributed by atoms with Crippen molar-refractivity contribution in [2.45, 2.75) is 23.3 Å². The van der Waals surface area contributed by atoms with Crippen LogP contribution in [0.4, 0.5) is 17.2 Å². The van der Waals surface area contributed by atoms with E-state index in [1.54, 1.807) is 0 Å². The molecule has 0 saturated carbocycles. The minimum atomic E-state index is -5.20. The first-order chi connectivity index (χ1) is 17.8. The van der Waals surface area contributed by atoms with Gasteiger partial charge < -0.3 is 14.9 Å². The van der Waals surface area contributed by atoms with E-state index in [9.17, 15) is 50.5 Å². The van der Waals surface area contributed by atoms with E-state index >= 15 is 0 Å². The lowest BCUT2D eigenvalue weighted by Crippen LogP contribution is -2.04. The van der Waals surface area contributed by atoms with Crippen LogP contribution in [0.25, 0.3) is 10.8 Å². The zero-order valence-electron chi connectivity index (χ0n) is 19.1. The van der Waals surface area contributed by atoms with Crippen LogP contribution in [0.1, 0.15) is 21.6 Å². The van der Waals surface area contributed by atoms with E-state index in [4.69, 9.17) is 9.79 Å². The maximum Gasteiger partial charge on any atom is 0.469 e. The second-order valence-electron chi connectivity index (χ2n) is 7.53. The van der Waals surface area contributed by atoms with Crippen molar-refractivity contribution >= 4 is 62.3 Å². The van der Waals surface area contributed by atoms with Crippen LogP contribution >= 0.6 is 7.82 Å². The van der Waals surface area contributed by atoms with E-state index in [1.807, 2.05) is 0 Å². The molecule has 1 aromatic heterocycles. The maximum atomic E-state index is 12.0. The van der Waals surface area contributed by atoms with Crippen LogP contribution in [0.2, 0.25) is 0 Å². The summed E-state index contributed by atoms with van der Waals surface area (Å²) in [4.78, 5) is 41.3. The normalized spacial score (nSPS) is 12.7. The van der Waals surface area contributed by atoms with Crippen molar-refractivity contribution < 1.29 is 59.6 Å². The number of fused-ring (bicyclic) bond motifs is 1. The van der Waals surface area contributed by atoms with Gasteiger partial charge in [-0.2, -0.15) is 16.8 Å². The number of benzene rings is 2. The molecule has 18 nitrogen and oxygen atoms in total. The average molecular weight is 606 g/mol. The molecule has 0 aliphatic carbocycles. The average Bonchev–Trinajstić information content (AvgIpc) is 2.80. The number of phosphoric ester groups is 1. The molecule has 208 valence electrons. The van der Waals surface area contributed by atoms with Gasteiger partial charge in [0.25, 0.3) is 25.9 Å². The van der Waals surface area contributed by atoms with Gasteiger partial charge in [-0.3, -0.25) is 28.5 Å². The molecule has 0 radical (unpaired) electrons. The third kappa shape index (κ3) is 6.64. The third-order valence-corrected chi connectivity index (χ3v) is 7.20. The molecule has 0 unspecified atom stereocenters. The van der Waals surface area contributed by atoms with Gasteiger partial charge in [0.2, 0.25) is 0 Å². The standard InChI is InChI=1S/C18H15N4O14PS2/c1-8-17(24)13(6-23)14(7-36-37(27,28)29)18(19-8)21-20-9-2-11-12(15(3-9)38(30,31)32)4-10(22(25)26)5-16(11)39(33,34)35/h2-6,24H,7H2,1H3,(H2,27,28,29)(H,30,31,32)(H,33,34,35)/b21-20+. The molecular weight excluding hydrogens is 591 g/mol. The Hall–Kier alpha value is -3.75. The van der Waals surface area contributed by atoms with Crippen LogP contribution in [-0.2, 0) is 35.9 Å². The van der Waals surface area contributed by atoms with Gasteiger partial charge in [-0.1, -0.05) is 0 Å². The van der Waals surface area contributed by atoms with Crippen molar-refractivity contribution in [1.82, 2.24) is 4.98 Å². The zero-order chi connectivity index (χ0) is 29.5. The predicted octanol–water partition coefficient (Wildman–Crippen LogP) is 2.49. The first kappa shape index (κ1) is 29.8. The van der Waals surface area contributed by atoms with E-state index in [1.165, 1.54) is 6.92 Å². The molecule has 0 amide bonds. The molecule has 2 aromatic carbocycles. The Morgan fingerprint density at radius 1 is 1.05 bits per heavy atom. The van der Waals surface area contributed by atoms with Crippen molar-refractivity contribution in [3.05, 3.63) is 51.2 Å². The molecular formula is C18H15N4O14PS2. The summed E-state index contributed by atoms with van der Waals surface area (Å²) in [6.07, 6.45) is 0.110. The number of phosphoric acid groups is 1. The number of aromatic hydroxyl groups is 1. The van der Waals surface area contributed by atoms with Crippen LogP contribution in [0, 0.1) is 17.0 Å². The topological polar surface area (TPSA) is 294 Å². The molecule has 21 heteroatoms. The van der Waals surface area contributed by atoms with Crippen molar-refractivity contribution in [3.63, 3.8) is 0 Å². The van der Waals surface area contributed by atoms with Crippen molar-refractivity contribution in [2.75, 3.05) is 0 Å². The lowest BCUT2D eigenvalue weighted by atomic mass is 10.1. The number of carbonyl (C=O) groups excluding carboxylic acids is 1. The number of nitro benzene ring substituents is 1. The summed E-state index contributed by atoms with van der Waals surface area (Å²) < 4.78 is 82.7. The van der Waals surface area contributed by atoms with Gasteiger partial charge in [0, 0.05) is 28.5 Å². The molecule has 39 heavy (non-hydrogen) atoms. The number of aromatic nitrogens is 1. The lowest BCUT2D eigenvalue weighted by molar-refractivity contribution is -0.384. The van der Waals surface area contributed by atoms with E-state index in [0.717, 1.165) is 6.07 Å². The highest BCUT2D eigenvalue weighted by molar-refractivity contribution is 7.86. The predicted molar refractivity (Wildman–Crippen MR) is 127 cm³/mol. The SMILES string of the molecule is Cc1nc(/N=N/c2cc(S(=O)(=O)O)c3cc([N+](=O)[O-])cc(S(=O)(=O)O)c3c2)c(COP(=O)(O)O)c(C=O)c1O. The Kier molecular flexibility index (Phi) is 7.97. The Bertz CT molecular complexity index is 1830. The zero-order valence-corrected chi connectivity index (χ0v) is 21.6. The number of nitrogens with zero attached hydrogens (tertiary/aromatic N) is 4. The van der Waals surface area contributed by atoms with Gasteiger partial charge in [0.15, 0.2) is 12.1 Å². The fourth-order valence-corrected chi connectivity index (χ4v) is 5.03. The number of pyridine rings is 1. The van der Waals surface area contributed by atoms with Crippen molar-refractivity contribution in [2.24, 2.45) is 10.2 Å². The van der Waals surface area contributed by atoms with Gasteiger partial charge in [0.1, 0.15) is 15.5 Å². The fourth-order valence-electron chi connectivity index (χ4n) is 3.30.